The number of hydrogen-bond donors (Lipinski definition) is 0. The smallest absolute Gasteiger partial charge is 0.410 e. The van der Waals surface area contributed by atoms with E-state index in [-0.39, 0.29) is 16.9 Å². The molecule has 0 bridgehead atoms. The summed E-state index contributed by atoms with van der Waals surface area (Å²) in [6.07, 6.45) is -0.273. The predicted octanol–water partition coefficient (Wildman–Crippen LogP) is 3.50. The molecule has 2 aliphatic heterocycles. The average molecular weight is 377 g/mol. The van der Waals surface area contributed by atoms with Gasteiger partial charge in [-0.2, -0.15) is 0 Å². The Labute approximate surface area is 156 Å². The standard InChI is InChI=1S/C19H21ClN2O4/c1-18(2,3)26-17(24)22-10-19(11-22)8-21(9-19)15-7-14(23)12-5-4-6-13(20)16(12)25-15/h4-7H,8-11H2,1-3H3. The molecule has 0 unspecified atom stereocenters. The normalized spacial score (nSPS) is 18.6. The van der Waals surface area contributed by atoms with Crippen molar-refractivity contribution in [2.75, 3.05) is 31.1 Å². The van der Waals surface area contributed by atoms with Crippen molar-refractivity contribution in [1.82, 2.24) is 4.90 Å². The fourth-order valence-corrected chi connectivity index (χ4v) is 3.84. The van der Waals surface area contributed by atoms with Crippen LogP contribution in [0.15, 0.2) is 33.5 Å². The van der Waals surface area contributed by atoms with Crippen molar-refractivity contribution in [3.05, 3.63) is 39.5 Å². The third-order valence-electron chi connectivity index (χ3n) is 4.76. The molecule has 0 atom stereocenters. The molecule has 0 radical (unpaired) electrons. The maximum Gasteiger partial charge on any atom is 0.410 e. The van der Waals surface area contributed by atoms with Crippen molar-refractivity contribution >= 4 is 34.5 Å². The number of anilines is 1. The summed E-state index contributed by atoms with van der Waals surface area (Å²) in [6, 6.07) is 6.66. The third kappa shape index (κ3) is 2.92. The van der Waals surface area contributed by atoms with Gasteiger partial charge in [0, 0.05) is 37.7 Å². The van der Waals surface area contributed by atoms with Gasteiger partial charge in [0.05, 0.1) is 10.4 Å². The van der Waals surface area contributed by atoms with Crippen LogP contribution in [-0.4, -0.2) is 42.8 Å². The number of amides is 1. The zero-order valence-corrected chi connectivity index (χ0v) is 15.8. The number of nitrogens with zero attached hydrogens (tertiary/aromatic N) is 2. The molecule has 2 fully saturated rings. The van der Waals surface area contributed by atoms with Crippen molar-refractivity contribution in [2.24, 2.45) is 5.41 Å². The Balaban J connectivity index is 1.43. The van der Waals surface area contributed by atoms with Crippen molar-refractivity contribution in [3.63, 3.8) is 0 Å². The monoisotopic (exact) mass is 376 g/mol. The van der Waals surface area contributed by atoms with E-state index in [1.165, 1.54) is 6.07 Å². The van der Waals surface area contributed by atoms with E-state index in [1.54, 1.807) is 23.1 Å². The first kappa shape index (κ1) is 17.2. The molecule has 2 aliphatic rings. The van der Waals surface area contributed by atoms with Crippen LogP contribution in [0.4, 0.5) is 10.7 Å². The quantitative estimate of drug-likeness (QED) is 0.762. The zero-order chi connectivity index (χ0) is 18.7. The lowest BCUT2D eigenvalue weighted by Crippen LogP contribution is -2.73. The average Bonchev–Trinajstić information content (AvgIpc) is 2.43. The minimum absolute atomic E-state index is 0.0604. The summed E-state index contributed by atoms with van der Waals surface area (Å²) in [5.41, 5.74) is -0.111. The number of likely N-dealkylation sites (tertiary alicyclic amines) is 1. The molecule has 26 heavy (non-hydrogen) atoms. The van der Waals surface area contributed by atoms with Crippen LogP contribution in [0.1, 0.15) is 20.8 Å². The van der Waals surface area contributed by atoms with Crippen molar-refractivity contribution in [3.8, 4) is 0 Å². The lowest BCUT2D eigenvalue weighted by molar-refractivity contribution is -0.0461. The molecule has 138 valence electrons. The number of halogens is 1. The maximum absolute atomic E-state index is 12.3. The summed E-state index contributed by atoms with van der Waals surface area (Å²) in [5.74, 6) is 0.525. The molecule has 1 aromatic carbocycles. The van der Waals surface area contributed by atoms with Gasteiger partial charge >= 0.3 is 6.09 Å². The van der Waals surface area contributed by atoms with E-state index in [0.29, 0.717) is 35.0 Å². The first-order chi connectivity index (χ1) is 12.2. The Morgan fingerprint density at radius 1 is 1.23 bits per heavy atom. The fourth-order valence-electron chi connectivity index (χ4n) is 3.62. The second-order valence-electron chi connectivity index (χ2n) is 8.26. The minimum Gasteiger partial charge on any atom is -0.444 e. The molecular weight excluding hydrogens is 356 g/mol. The van der Waals surface area contributed by atoms with E-state index in [4.69, 9.17) is 20.8 Å². The molecule has 0 aliphatic carbocycles. The van der Waals surface area contributed by atoms with Gasteiger partial charge in [-0.05, 0) is 32.9 Å². The van der Waals surface area contributed by atoms with Gasteiger partial charge in [-0.3, -0.25) is 4.79 Å². The Hall–Kier alpha value is -2.21. The van der Waals surface area contributed by atoms with Crippen LogP contribution in [0.25, 0.3) is 11.0 Å². The minimum atomic E-state index is -0.487. The van der Waals surface area contributed by atoms with Gasteiger partial charge in [0.15, 0.2) is 16.9 Å². The van der Waals surface area contributed by atoms with Gasteiger partial charge in [0.25, 0.3) is 0 Å². The van der Waals surface area contributed by atoms with E-state index in [1.807, 2.05) is 25.7 Å². The highest BCUT2D eigenvalue weighted by atomic mass is 35.5. The number of rotatable bonds is 1. The second kappa shape index (κ2) is 5.64. The molecular formula is C19H21ClN2O4. The SMILES string of the molecule is CC(C)(C)OC(=O)N1CC2(C1)CN(c1cc(=O)c3cccc(Cl)c3o1)C2. The summed E-state index contributed by atoms with van der Waals surface area (Å²) in [4.78, 5) is 28.1. The van der Waals surface area contributed by atoms with Gasteiger partial charge < -0.3 is 19.0 Å². The van der Waals surface area contributed by atoms with Gasteiger partial charge in [0.1, 0.15) is 5.60 Å². The number of fused-ring (bicyclic) bond motifs is 1. The summed E-state index contributed by atoms with van der Waals surface area (Å²) in [6.45, 7) is 8.39. The molecule has 2 aromatic rings. The number of carbonyl (C=O) groups excluding carboxylic acids is 1. The molecule has 1 amide bonds. The molecule has 6 nitrogen and oxygen atoms in total. The molecule has 1 spiro atoms. The van der Waals surface area contributed by atoms with Crippen LogP contribution >= 0.6 is 11.6 Å². The topological polar surface area (TPSA) is 63.0 Å². The highest BCUT2D eigenvalue weighted by Crippen LogP contribution is 2.42. The first-order valence-electron chi connectivity index (χ1n) is 8.61. The van der Waals surface area contributed by atoms with E-state index in [9.17, 15) is 9.59 Å². The summed E-state index contributed by atoms with van der Waals surface area (Å²) in [7, 11) is 0. The molecule has 1 aromatic heterocycles. The Kier molecular flexibility index (Phi) is 3.74. The molecule has 2 saturated heterocycles. The largest absolute Gasteiger partial charge is 0.444 e. The van der Waals surface area contributed by atoms with Gasteiger partial charge in [-0.25, -0.2) is 4.79 Å². The van der Waals surface area contributed by atoms with Crippen LogP contribution in [0.5, 0.6) is 0 Å². The van der Waals surface area contributed by atoms with Crippen LogP contribution in [0, 0.1) is 5.41 Å². The molecule has 3 heterocycles. The van der Waals surface area contributed by atoms with E-state index >= 15 is 0 Å². The predicted molar refractivity (Wildman–Crippen MR) is 99.9 cm³/mol. The van der Waals surface area contributed by atoms with Gasteiger partial charge in [-0.15, -0.1) is 0 Å². The summed E-state index contributed by atoms with van der Waals surface area (Å²) < 4.78 is 11.3. The van der Waals surface area contributed by atoms with Crippen molar-refractivity contribution in [1.29, 1.82) is 0 Å². The fraction of sp³-hybridized carbons (Fsp3) is 0.474. The molecule has 4 rings (SSSR count). The van der Waals surface area contributed by atoms with Crippen LogP contribution in [0.2, 0.25) is 5.02 Å². The highest BCUT2D eigenvalue weighted by Gasteiger charge is 2.54. The number of ether oxygens (including phenoxy) is 1. The zero-order valence-electron chi connectivity index (χ0n) is 15.0. The number of hydrogen-bond acceptors (Lipinski definition) is 5. The number of para-hydroxylation sites is 1. The van der Waals surface area contributed by atoms with E-state index in [2.05, 4.69) is 0 Å². The van der Waals surface area contributed by atoms with Gasteiger partial charge in [-0.1, -0.05) is 17.7 Å². The van der Waals surface area contributed by atoms with Gasteiger partial charge in [0.2, 0.25) is 0 Å². The molecule has 0 saturated carbocycles. The molecule has 7 heteroatoms. The lowest BCUT2D eigenvalue weighted by Gasteiger charge is -2.59. The third-order valence-corrected chi connectivity index (χ3v) is 5.06. The van der Waals surface area contributed by atoms with Crippen LogP contribution < -0.4 is 10.3 Å². The Morgan fingerprint density at radius 3 is 2.58 bits per heavy atom. The second-order valence-corrected chi connectivity index (χ2v) is 8.67. The van der Waals surface area contributed by atoms with Crippen LogP contribution in [0.3, 0.4) is 0 Å². The number of carbonyl (C=O) groups is 1. The Morgan fingerprint density at radius 2 is 1.92 bits per heavy atom. The molecule has 0 N–H and O–H groups in total. The Bertz CT molecular complexity index is 933. The van der Waals surface area contributed by atoms with Crippen molar-refractivity contribution < 1.29 is 13.9 Å². The first-order valence-corrected chi connectivity index (χ1v) is 8.99. The highest BCUT2D eigenvalue weighted by molar-refractivity contribution is 6.34. The summed E-state index contributed by atoms with van der Waals surface area (Å²) in [5, 5.41) is 0.910. The van der Waals surface area contributed by atoms with E-state index in [0.717, 1.165) is 13.1 Å². The number of benzene rings is 1. The lowest BCUT2D eigenvalue weighted by atomic mass is 9.73. The van der Waals surface area contributed by atoms with Crippen molar-refractivity contribution in [2.45, 2.75) is 26.4 Å². The van der Waals surface area contributed by atoms with E-state index < -0.39 is 5.60 Å². The summed E-state index contributed by atoms with van der Waals surface area (Å²) >= 11 is 6.16. The van der Waals surface area contributed by atoms with Crippen LogP contribution in [-0.2, 0) is 4.74 Å². The maximum atomic E-state index is 12.3.